The van der Waals surface area contributed by atoms with Crippen molar-refractivity contribution in [2.24, 2.45) is 5.73 Å². The summed E-state index contributed by atoms with van der Waals surface area (Å²) in [6.45, 7) is 1.09. The molecule has 0 unspecified atom stereocenters. The fourth-order valence-electron chi connectivity index (χ4n) is 1.41. The molecule has 0 aromatic heterocycles. The number of carbonyl (C=O) groups is 1. The maximum absolute atomic E-state index is 11.6. The highest BCUT2D eigenvalue weighted by Gasteiger charge is 2.09. The molecule has 0 atom stereocenters. The van der Waals surface area contributed by atoms with Crippen LogP contribution in [0.1, 0.15) is 18.4 Å². The van der Waals surface area contributed by atoms with Crippen LogP contribution < -0.4 is 5.73 Å². The number of hydrogen-bond acceptors (Lipinski definition) is 2. The lowest BCUT2D eigenvalue weighted by Gasteiger charge is -2.17. The number of carbonyl (C=O) groups excluding carboxylic acids is 1. The van der Waals surface area contributed by atoms with Gasteiger partial charge in [0.05, 0.1) is 0 Å². The first-order chi connectivity index (χ1) is 7.65. The summed E-state index contributed by atoms with van der Waals surface area (Å²) in [5, 5.41) is 0.695. The van der Waals surface area contributed by atoms with E-state index in [1.54, 1.807) is 11.9 Å². The summed E-state index contributed by atoms with van der Waals surface area (Å²) in [6.07, 6.45) is 1.23. The van der Waals surface area contributed by atoms with E-state index in [4.69, 9.17) is 17.3 Å². The molecule has 88 valence electrons. The first kappa shape index (κ1) is 13.0. The van der Waals surface area contributed by atoms with Gasteiger partial charge in [-0.25, -0.2) is 0 Å². The summed E-state index contributed by atoms with van der Waals surface area (Å²) in [5.74, 6) is 0.102. The lowest BCUT2D eigenvalue weighted by molar-refractivity contribution is -0.130. The van der Waals surface area contributed by atoms with Gasteiger partial charge in [0.25, 0.3) is 0 Å². The van der Waals surface area contributed by atoms with Gasteiger partial charge in [0.15, 0.2) is 0 Å². The normalized spacial score (nSPS) is 10.2. The molecule has 0 bridgehead atoms. The largest absolute Gasteiger partial charge is 0.341 e. The second-order valence-electron chi connectivity index (χ2n) is 3.73. The Balaban J connectivity index is 2.54. The van der Waals surface area contributed by atoms with Gasteiger partial charge in [0.2, 0.25) is 5.91 Å². The number of rotatable bonds is 5. The number of hydrogen-bond donors (Lipinski definition) is 1. The van der Waals surface area contributed by atoms with Crippen molar-refractivity contribution in [1.82, 2.24) is 4.90 Å². The Morgan fingerprint density at radius 1 is 1.44 bits per heavy atom. The van der Waals surface area contributed by atoms with Crippen molar-refractivity contribution in [3.05, 3.63) is 34.9 Å². The van der Waals surface area contributed by atoms with Crippen LogP contribution in [0.2, 0.25) is 5.02 Å². The van der Waals surface area contributed by atoms with Gasteiger partial charge in [0.1, 0.15) is 0 Å². The number of nitrogens with zero attached hydrogens (tertiary/aromatic N) is 1. The SMILES string of the molecule is CN(Cc1ccccc1Cl)C(=O)CCCN. The number of nitrogens with two attached hydrogens (primary N) is 1. The maximum atomic E-state index is 11.6. The zero-order chi connectivity index (χ0) is 12.0. The summed E-state index contributed by atoms with van der Waals surface area (Å²) in [5.41, 5.74) is 6.33. The fraction of sp³-hybridized carbons (Fsp3) is 0.417. The maximum Gasteiger partial charge on any atom is 0.222 e. The van der Waals surface area contributed by atoms with Crippen molar-refractivity contribution in [3.63, 3.8) is 0 Å². The second kappa shape index (κ2) is 6.51. The molecule has 1 amide bonds. The summed E-state index contributed by atoms with van der Waals surface area (Å²) < 4.78 is 0. The molecule has 16 heavy (non-hydrogen) atoms. The third kappa shape index (κ3) is 3.83. The third-order valence-electron chi connectivity index (χ3n) is 2.39. The van der Waals surface area contributed by atoms with E-state index in [1.165, 1.54) is 0 Å². The van der Waals surface area contributed by atoms with E-state index >= 15 is 0 Å². The average Bonchev–Trinajstić information content (AvgIpc) is 2.28. The quantitative estimate of drug-likeness (QED) is 0.856. The van der Waals surface area contributed by atoms with Crippen molar-refractivity contribution in [1.29, 1.82) is 0 Å². The molecule has 1 aromatic rings. The standard InChI is InChI=1S/C12H17ClN2O/c1-15(12(16)7-4-8-14)9-10-5-2-3-6-11(10)13/h2-3,5-6H,4,7-9,14H2,1H3. The highest BCUT2D eigenvalue weighted by Crippen LogP contribution is 2.16. The first-order valence-electron chi connectivity index (χ1n) is 5.32. The van der Waals surface area contributed by atoms with Gasteiger partial charge in [-0.15, -0.1) is 0 Å². The van der Waals surface area contributed by atoms with Gasteiger partial charge >= 0.3 is 0 Å². The van der Waals surface area contributed by atoms with E-state index in [2.05, 4.69) is 0 Å². The van der Waals surface area contributed by atoms with Crippen molar-refractivity contribution in [2.75, 3.05) is 13.6 Å². The Bertz CT molecular complexity index is 355. The zero-order valence-electron chi connectivity index (χ0n) is 9.45. The van der Waals surface area contributed by atoms with Crippen LogP contribution in [0.5, 0.6) is 0 Å². The molecule has 0 fully saturated rings. The first-order valence-corrected chi connectivity index (χ1v) is 5.70. The molecular weight excluding hydrogens is 224 g/mol. The summed E-state index contributed by atoms with van der Waals surface area (Å²) in [6, 6.07) is 7.55. The molecule has 1 aromatic carbocycles. The average molecular weight is 241 g/mol. The van der Waals surface area contributed by atoms with Crippen molar-refractivity contribution < 1.29 is 4.79 Å². The molecule has 4 heteroatoms. The minimum Gasteiger partial charge on any atom is -0.341 e. The van der Waals surface area contributed by atoms with Gasteiger partial charge in [-0.3, -0.25) is 4.79 Å². The lowest BCUT2D eigenvalue weighted by Crippen LogP contribution is -2.26. The van der Waals surface area contributed by atoms with E-state index in [-0.39, 0.29) is 5.91 Å². The Hall–Kier alpha value is -1.06. The van der Waals surface area contributed by atoms with Crippen molar-refractivity contribution in [3.8, 4) is 0 Å². The molecule has 0 aliphatic rings. The zero-order valence-corrected chi connectivity index (χ0v) is 10.2. The fourth-order valence-corrected chi connectivity index (χ4v) is 1.61. The molecule has 1 rings (SSSR count). The summed E-state index contributed by atoms with van der Waals surface area (Å²) >= 11 is 6.02. The minimum atomic E-state index is 0.102. The molecule has 0 spiro atoms. The molecule has 0 radical (unpaired) electrons. The van der Waals surface area contributed by atoms with E-state index in [0.29, 0.717) is 24.5 Å². The summed E-state index contributed by atoms with van der Waals surface area (Å²) in [4.78, 5) is 13.3. The molecule has 3 nitrogen and oxygen atoms in total. The van der Waals surface area contributed by atoms with Crippen LogP contribution in [-0.2, 0) is 11.3 Å². The second-order valence-corrected chi connectivity index (χ2v) is 4.14. The Kier molecular flexibility index (Phi) is 5.29. The molecule has 0 saturated carbocycles. The predicted molar refractivity (Wildman–Crippen MR) is 66.2 cm³/mol. The van der Waals surface area contributed by atoms with Crippen molar-refractivity contribution in [2.45, 2.75) is 19.4 Å². The molecule has 0 saturated heterocycles. The Morgan fingerprint density at radius 3 is 2.75 bits per heavy atom. The van der Waals surface area contributed by atoms with Crippen LogP contribution in [0.25, 0.3) is 0 Å². The lowest BCUT2D eigenvalue weighted by atomic mass is 10.2. The topological polar surface area (TPSA) is 46.3 Å². The van der Waals surface area contributed by atoms with E-state index < -0.39 is 0 Å². The molecule has 0 aliphatic heterocycles. The third-order valence-corrected chi connectivity index (χ3v) is 2.75. The minimum absolute atomic E-state index is 0.102. The Morgan fingerprint density at radius 2 is 2.12 bits per heavy atom. The molecule has 0 aliphatic carbocycles. The highest BCUT2D eigenvalue weighted by atomic mass is 35.5. The van der Waals surface area contributed by atoms with Crippen LogP contribution in [-0.4, -0.2) is 24.4 Å². The van der Waals surface area contributed by atoms with Gasteiger partial charge in [-0.05, 0) is 24.6 Å². The number of halogens is 1. The van der Waals surface area contributed by atoms with Gasteiger partial charge in [-0.2, -0.15) is 0 Å². The van der Waals surface area contributed by atoms with Gasteiger partial charge in [-0.1, -0.05) is 29.8 Å². The molecule has 0 heterocycles. The Labute approximate surface area is 101 Å². The number of benzene rings is 1. The monoisotopic (exact) mass is 240 g/mol. The number of amides is 1. The van der Waals surface area contributed by atoms with Crippen LogP contribution in [0.4, 0.5) is 0 Å². The van der Waals surface area contributed by atoms with Crippen LogP contribution in [0, 0.1) is 0 Å². The van der Waals surface area contributed by atoms with Crippen LogP contribution in [0.15, 0.2) is 24.3 Å². The van der Waals surface area contributed by atoms with Crippen LogP contribution in [0.3, 0.4) is 0 Å². The van der Waals surface area contributed by atoms with Gasteiger partial charge in [0, 0.05) is 25.0 Å². The van der Waals surface area contributed by atoms with E-state index in [1.807, 2.05) is 24.3 Å². The highest BCUT2D eigenvalue weighted by molar-refractivity contribution is 6.31. The van der Waals surface area contributed by atoms with E-state index in [9.17, 15) is 4.79 Å². The van der Waals surface area contributed by atoms with Crippen molar-refractivity contribution >= 4 is 17.5 Å². The smallest absolute Gasteiger partial charge is 0.222 e. The predicted octanol–water partition coefficient (Wildman–Crippen LogP) is 2.04. The van der Waals surface area contributed by atoms with Gasteiger partial charge < -0.3 is 10.6 Å². The van der Waals surface area contributed by atoms with Crippen LogP contribution >= 0.6 is 11.6 Å². The van der Waals surface area contributed by atoms with E-state index in [0.717, 1.165) is 12.0 Å². The molecular formula is C12H17ClN2O. The molecule has 2 N–H and O–H groups in total. The summed E-state index contributed by atoms with van der Waals surface area (Å²) in [7, 11) is 1.78.